The van der Waals surface area contributed by atoms with Crippen LogP contribution in [-0.4, -0.2) is 34.0 Å². The lowest BCUT2D eigenvalue weighted by Crippen LogP contribution is -2.51. The molecule has 6 rings (SSSR count). The molecule has 1 aromatic carbocycles. The van der Waals surface area contributed by atoms with Gasteiger partial charge in [-0.2, -0.15) is 0 Å². The average Bonchev–Trinajstić information content (AvgIpc) is 3.07. The van der Waals surface area contributed by atoms with E-state index >= 15 is 0 Å². The van der Waals surface area contributed by atoms with Crippen LogP contribution in [0.4, 0.5) is 0 Å². The number of nitrogens with one attached hydrogen (secondary N) is 1. The lowest BCUT2D eigenvalue weighted by atomic mass is 9.49. The molecule has 0 saturated heterocycles. The van der Waals surface area contributed by atoms with E-state index in [2.05, 4.69) is 5.32 Å². The first-order chi connectivity index (χ1) is 13.8. The number of amides is 1. The molecule has 0 spiro atoms. The van der Waals surface area contributed by atoms with Crippen LogP contribution in [0.1, 0.15) is 71.0 Å². The number of nitrogens with zero attached hydrogens (tertiary/aromatic N) is 1. The molecule has 29 heavy (non-hydrogen) atoms. The summed E-state index contributed by atoms with van der Waals surface area (Å²) in [5.41, 5.74) is 0.831. The van der Waals surface area contributed by atoms with Crippen molar-refractivity contribution < 1.29 is 19.5 Å². The third-order valence-corrected chi connectivity index (χ3v) is 7.43. The molecule has 4 aliphatic carbocycles. The number of carboxylic acids is 1. The summed E-state index contributed by atoms with van der Waals surface area (Å²) in [6.45, 7) is 2.05. The molecule has 4 saturated carbocycles. The first kappa shape index (κ1) is 18.4. The highest BCUT2D eigenvalue weighted by molar-refractivity contribution is 6.09. The van der Waals surface area contributed by atoms with Crippen LogP contribution < -0.4 is 5.32 Å². The highest BCUT2D eigenvalue weighted by Gasteiger charge is 2.50. The Balaban J connectivity index is 1.43. The van der Waals surface area contributed by atoms with E-state index in [0.29, 0.717) is 17.4 Å². The zero-order valence-electron chi connectivity index (χ0n) is 16.6. The summed E-state index contributed by atoms with van der Waals surface area (Å²) in [5, 5.41) is 13.3. The number of aromatic nitrogens is 1. The van der Waals surface area contributed by atoms with E-state index in [1.165, 1.54) is 62.1 Å². The number of hydrogen-bond acceptors (Lipinski definition) is 3. The summed E-state index contributed by atoms with van der Waals surface area (Å²) in [4.78, 5) is 36.7. The van der Waals surface area contributed by atoms with Gasteiger partial charge < -0.3 is 10.4 Å². The van der Waals surface area contributed by atoms with E-state index in [1.807, 2.05) is 0 Å². The molecular weight excluding hydrogens is 368 g/mol. The predicted octanol–water partition coefficient (Wildman–Crippen LogP) is 3.95. The third-order valence-electron chi connectivity index (χ3n) is 7.43. The molecule has 0 unspecified atom stereocenters. The van der Waals surface area contributed by atoms with Crippen LogP contribution in [0.3, 0.4) is 0 Å². The van der Waals surface area contributed by atoms with E-state index in [1.54, 1.807) is 12.3 Å². The summed E-state index contributed by atoms with van der Waals surface area (Å²) in [5.74, 6) is 0.704. The van der Waals surface area contributed by atoms with Crippen molar-refractivity contribution in [2.75, 3.05) is 6.54 Å². The van der Waals surface area contributed by atoms with Crippen molar-refractivity contribution in [2.45, 2.75) is 45.4 Å². The molecule has 4 fully saturated rings. The van der Waals surface area contributed by atoms with Gasteiger partial charge in [-0.15, -0.1) is 0 Å². The summed E-state index contributed by atoms with van der Waals surface area (Å²) in [6.07, 6.45) is 9.17. The van der Waals surface area contributed by atoms with Crippen LogP contribution in [0, 0.1) is 23.2 Å². The van der Waals surface area contributed by atoms with Crippen molar-refractivity contribution in [3.05, 3.63) is 35.5 Å². The summed E-state index contributed by atoms with van der Waals surface area (Å²) in [6, 6.07) is 4.71. The maximum absolute atomic E-state index is 13.0. The molecule has 0 radical (unpaired) electrons. The summed E-state index contributed by atoms with van der Waals surface area (Å²) < 4.78 is 1.44. The minimum absolute atomic E-state index is 0.0261. The number of hydrogen-bond donors (Lipinski definition) is 2. The van der Waals surface area contributed by atoms with E-state index in [9.17, 15) is 19.5 Å². The lowest BCUT2D eigenvalue weighted by Gasteiger charge is -2.56. The van der Waals surface area contributed by atoms with Gasteiger partial charge in [-0.3, -0.25) is 14.2 Å². The predicted molar refractivity (Wildman–Crippen MR) is 108 cm³/mol. The van der Waals surface area contributed by atoms with Crippen molar-refractivity contribution >= 4 is 28.7 Å². The van der Waals surface area contributed by atoms with Crippen LogP contribution in [0.25, 0.3) is 10.9 Å². The zero-order chi connectivity index (χ0) is 20.3. The first-order valence-electron chi connectivity index (χ1n) is 10.5. The molecule has 4 aliphatic rings. The van der Waals surface area contributed by atoms with Crippen molar-refractivity contribution in [2.24, 2.45) is 23.2 Å². The quantitative estimate of drug-likeness (QED) is 0.822. The molecule has 0 aliphatic heterocycles. The number of carbonyl (C=O) groups is 3. The van der Waals surface area contributed by atoms with Crippen LogP contribution in [0.2, 0.25) is 0 Å². The Morgan fingerprint density at radius 3 is 2.24 bits per heavy atom. The monoisotopic (exact) mass is 394 g/mol. The molecule has 1 aromatic heterocycles. The van der Waals surface area contributed by atoms with E-state index in [-0.39, 0.29) is 28.4 Å². The SMILES string of the molecule is CC(=O)n1ccc2cc(C(=O)O)c(C(=O)NCC34CC5CC(CC(C5)C3)C4)cc21. The van der Waals surface area contributed by atoms with Crippen molar-refractivity contribution in [3.63, 3.8) is 0 Å². The maximum Gasteiger partial charge on any atom is 0.336 e. The molecule has 0 atom stereocenters. The molecular formula is C23H26N2O4. The second-order valence-corrected chi connectivity index (χ2v) is 9.57. The van der Waals surface area contributed by atoms with Gasteiger partial charge in [0.25, 0.3) is 5.91 Å². The summed E-state index contributed by atoms with van der Waals surface area (Å²) in [7, 11) is 0. The largest absolute Gasteiger partial charge is 0.478 e. The Kier molecular flexibility index (Phi) is 4.09. The molecule has 2 aromatic rings. The number of fused-ring (bicyclic) bond motifs is 1. The average molecular weight is 394 g/mol. The van der Waals surface area contributed by atoms with Crippen molar-refractivity contribution in [3.8, 4) is 0 Å². The van der Waals surface area contributed by atoms with Gasteiger partial charge in [0.15, 0.2) is 0 Å². The van der Waals surface area contributed by atoms with Crippen molar-refractivity contribution in [1.82, 2.24) is 9.88 Å². The highest BCUT2D eigenvalue weighted by Crippen LogP contribution is 2.59. The second-order valence-electron chi connectivity index (χ2n) is 9.57. The minimum Gasteiger partial charge on any atom is -0.478 e. The minimum atomic E-state index is -1.14. The van der Waals surface area contributed by atoms with Crippen LogP contribution in [0.15, 0.2) is 24.4 Å². The fraction of sp³-hybridized carbons (Fsp3) is 0.522. The van der Waals surface area contributed by atoms with Crippen molar-refractivity contribution in [1.29, 1.82) is 0 Å². The Bertz CT molecular complexity index is 1000. The van der Waals surface area contributed by atoms with Crippen LogP contribution in [0.5, 0.6) is 0 Å². The molecule has 6 heteroatoms. The van der Waals surface area contributed by atoms with Gasteiger partial charge in [-0.1, -0.05) is 0 Å². The number of benzene rings is 1. The van der Waals surface area contributed by atoms with Gasteiger partial charge in [-0.25, -0.2) is 4.79 Å². The van der Waals surface area contributed by atoms with E-state index in [0.717, 1.165) is 17.8 Å². The fourth-order valence-electron chi connectivity index (χ4n) is 6.69. The Morgan fingerprint density at radius 2 is 1.69 bits per heavy atom. The molecule has 6 nitrogen and oxygen atoms in total. The normalized spacial score (nSPS) is 29.9. The smallest absolute Gasteiger partial charge is 0.336 e. The number of aromatic carboxylic acids is 1. The van der Waals surface area contributed by atoms with Crippen LogP contribution >= 0.6 is 0 Å². The number of rotatable bonds is 4. The Hall–Kier alpha value is -2.63. The van der Waals surface area contributed by atoms with E-state index in [4.69, 9.17) is 0 Å². The highest BCUT2D eigenvalue weighted by atomic mass is 16.4. The maximum atomic E-state index is 13.0. The van der Waals surface area contributed by atoms with Gasteiger partial charge in [0, 0.05) is 25.1 Å². The Morgan fingerprint density at radius 1 is 1.07 bits per heavy atom. The van der Waals surface area contributed by atoms with E-state index < -0.39 is 5.97 Å². The Labute approximate surface area is 169 Å². The van der Waals surface area contributed by atoms with Gasteiger partial charge in [0.05, 0.1) is 16.6 Å². The molecule has 1 heterocycles. The van der Waals surface area contributed by atoms with Gasteiger partial charge in [0.2, 0.25) is 5.91 Å². The lowest BCUT2D eigenvalue weighted by molar-refractivity contribution is -0.0503. The van der Waals surface area contributed by atoms with Gasteiger partial charge in [-0.05, 0) is 79.9 Å². The second kappa shape index (κ2) is 6.44. The number of carboxylic acid groups (broad SMARTS) is 1. The van der Waals surface area contributed by atoms with Crippen LogP contribution in [-0.2, 0) is 0 Å². The summed E-state index contributed by atoms with van der Waals surface area (Å²) >= 11 is 0. The molecule has 2 N–H and O–H groups in total. The topological polar surface area (TPSA) is 88.4 Å². The number of carbonyl (C=O) groups excluding carboxylic acids is 2. The molecule has 4 bridgehead atoms. The molecule has 152 valence electrons. The first-order valence-corrected chi connectivity index (χ1v) is 10.5. The fourth-order valence-corrected chi connectivity index (χ4v) is 6.69. The standard InChI is InChI=1S/C23H26N2O4/c1-13(26)25-3-2-17-7-19(22(28)29)18(8-20(17)25)21(27)24-12-23-9-14-4-15(10-23)6-16(5-14)11-23/h2-3,7-8,14-16H,4-6,9-12H2,1H3,(H,24,27)(H,28,29). The van der Waals surface area contributed by atoms with Gasteiger partial charge in [0.1, 0.15) is 0 Å². The van der Waals surface area contributed by atoms with Gasteiger partial charge >= 0.3 is 5.97 Å². The third kappa shape index (κ3) is 3.05. The zero-order valence-corrected chi connectivity index (χ0v) is 16.6. The molecule has 1 amide bonds.